The fourth-order valence-corrected chi connectivity index (χ4v) is 4.40. The molecule has 168 valence electrons. The zero-order valence-corrected chi connectivity index (χ0v) is 19.3. The number of thiazole rings is 1. The van der Waals surface area contributed by atoms with Crippen LogP contribution in [0.25, 0.3) is 0 Å². The lowest BCUT2D eigenvalue weighted by Gasteiger charge is -2.25. The number of hydrogen-bond acceptors (Lipinski definition) is 6. The third-order valence-electron chi connectivity index (χ3n) is 5.03. The number of rotatable bonds is 6. The highest BCUT2D eigenvalue weighted by Crippen LogP contribution is 2.26. The maximum Gasteiger partial charge on any atom is 0.333 e. The van der Waals surface area contributed by atoms with Gasteiger partial charge in [-0.2, -0.15) is 0 Å². The second-order valence-corrected chi connectivity index (χ2v) is 9.10. The van der Waals surface area contributed by atoms with E-state index in [0.717, 1.165) is 30.2 Å². The number of urea groups is 1. The standard InChI is InChI=1S/C22H31N5O3S/c1-14(2)13-17-5-7-18(8-6-17)15(3)23-21(29)26-25-20(28)19-16(4)24-22(31-19)27-9-11-30-12-10-27/h5-8,14-15H,9-13H2,1-4H3,(H,25,28)(H2,23,26,29)/t15-/m0/s1. The van der Waals surface area contributed by atoms with Gasteiger partial charge in [0, 0.05) is 13.1 Å². The molecule has 3 N–H and O–H groups in total. The summed E-state index contributed by atoms with van der Waals surface area (Å²) in [5.74, 6) is 0.221. The van der Waals surface area contributed by atoms with E-state index in [1.165, 1.54) is 16.9 Å². The first-order chi connectivity index (χ1) is 14.8. The number of ether oxygens (including phenoxy) is 1. The molecule has 9 heteroatoms. The first-order valence-corrected chi connectivity index (χ1v) is 11.4. The molecule has 0 spiro atoms. The molecule has 3 amide bonds. The van der Waals surface area contributed by atoms with E-state index in [1.807, 2.05) is 19.1 Å². The Balaban J connectivity index is 1.50. The van der Waals surface area contributed by atoms with Crippen molar-refractivity contribution in [2.24, 2.45) is 5.92 Å². The fourth-order valence-electron chi connectivity index (χ4n) is 3.38. The van der Waals surface area contributed by atoms with Crippen LogP contribution in [0, 0.1) is 12.8 Å². The normalized spacial score (nSPS) is 14.9. The minimum absolute atomic E-state index is 0.192. The van der Waals surface area contributed by atoms with Gasteiger partial charge in [-0.15, -0.1) is 0 Å². The van der Waals surface area contributed by atoms with Crippen molar-refractivity contribution < 1.29 is 14.3 Å². The Bertz CT molecular complexity index is 891. The number of carbonyl (C=O) groups is 2. The molecular formula is C22H31N5O3S. The van der Waals surface area contributed by atoms with Crippen LogP contribution in [0.15, 0.2) is 24.3 Å². The lowest BCUT2D eigenvalue weighted by molar-refractivity contribution is 0.0939. The number of benzene rings is 1. The van der Waals surface area contributed by atoms with Crippen molar-refractivity contribution in [1.29, 1.82) is 0 Å². The van der Waals surface area contributed by atoms with E-state index < -0.39 is 6.03 Å². The Morgan fingerprint density at radius 1 is 1.13 bits per heavy atom. The van der Waals surface area contributed by atoms with Gasteiger partial charge in [0.15, 0.2) is 5.13 Å². The molecule has 1 aliphatic heterocycles. The maximum atomic E-state index is 12.5. The molecule has 1 saturated heterocycles. The second kappa shape index (κ2) is 10.6. The Labute approximate surface area is 187 Å². The van der Waals surface area contributed by atoms with E-state index in [0.29, 0.717) is 29.7 Å². The topological polar surface area (TPSA) is 95.6 Å². The zero-order valence-electron chi connectivity index (χ0n) is 18.5. The van der Waals surface area contributed by atoms with Crippen molar-refractivity contribution in [3.05, 3.63) is 46.0 Å². The van der Waals surface area contributed by atoms with E-state index in [-0.39, 0.29) is 11.9 Å². The Hall–Kier alpha value is -2.65. The average molecular weight is 446 g/mol. The summed E-state index contributed by atoms with van der Waals surface area (Å²) in [4.78, 5) is 31.8. The molecular weight excluding hydrogens is 414 g/mol. The van der Waals surface area contributed by atoms with Crippen molar-refractivity contribution in [2.75, 3.05) is 31.2 Å². The molecule has 2 aromatic rings. The lowest BCUT2D eigenvalue weighted by atomic mass is 10.00. The van der Waals surface area contributed by atoms with Crippen LogP contribution >= 0.6 is 11.3 Å². The number of amides is 3. The predicted octanol–water partition coefficient (Wildman–Crippen LogP) is 3.19. The molecule has 0 aliphatic carbocycles. The van der Waals surface area contributed by atoms with Crippen molar-refractivity contribution in [3.63, 3.8) is 0 Å². The minimum atomic E-state index is -0.470. The monoisotopic (exact) mass is 445 g/mol. The quantitative estimate of drug-likeness (QED) is 0.594. The number of morpholine rings is 1. The van der Waals surface area contributed by atoms with Gasteiger partial charge in [-0.05, 0) is 37.3 Å². The number of nitrogens with zero attached hydrogens (tertiary/aromatic N) is 2. The summed E-state index contributed by atoms with van der Waals surface area (Å²) in [7, 11) is 0. The number of hydrogen-bond donors (Lipinski definition) is 3. The Kier molecular flexibility index (Phi) is 7.86. The van der Waals surface area contributed by atoms with E-state index >= 15 is 0 Å². The largest absolute Gasteiger partial charge is 0.378 e. The van der Waals surface area contributed by atoms with Crippen LogP contribution in [-0.4, -0.2) is 43.2 Å². The summed E-state index contributed by atoms with van der Waals surface area (Å²) in [6, 6.07) is 7.56. The third-order valence-corrected chi connectivity index (χ3v) is 6.25. The van der Waals surface area contributed by atoms with E-state index in [1.54, 1.807) is 6.92 Å². The Morgan fingerprint density at radius 3 is 2.45 bits per heavy atom. The second-order valence-electron chi connectivity index (χ2n) is 8.12. The first-order valence-electron chi connectivity index (χ1n) is 10.6. The molecule has 2 heterocycles. The van der Waals surface area contributed by atoms with Gasteiger partial charge >= 0.3 is 6.03 Å². The first kappa shape index (κ1) is 23.0. The molecule has 1 atom stereocenters. The third kappa shape index (κ3) is 6.41. The highest BCUT2D eigenvalue weighted by atomic mass is 32.1. The number of aromatic nitrogens is 1. The summed E-state index contributed by atoms with van der Waals surface area (Å²) >= 11 is 1.32. The summed E-state index contributed by atoms with van der Waals surface area (Å²) in [5, 5.41) is 3.63. The SMILES string of the molecule is Cc1nc(N2CCOCC2)sc1C(=O)NNC(=O)N[C@@H](C)c1ccc(CC(C)C)cc1. The molecule has 0 saturated carbocycles. The van der Waals surface area contributed by atoms with Crippen LogP contribution in [0.3, 0.4) is 0 Å². The van der Waals surface area contributed by atoms with Gasteiger partial charge in [0.2, 0.25) is 0 Å². The smallest absolute Gasteiger partial charge is 0.333 e. The number of carbonyl (C=O) groups excluding carboxylic acids is 2. The molecule has 0 unspecified atom stereocenters. The zero-order chi connectivity index (χ0) is 22.4. The fraction of sp³-hybridized carbons (Fsp3) is 0.500. The molecule has 1 aromatic carbocycles. The molecule has 1 fully saturated rings. The van der Waals surface area contributed by atoms with Crippen molar-refractivity contribution in [1.82, 2.24) is 21.2 Å². The van der Waals surface area contributed by atoms with Crippen LogP contribution < -0.4 is 21.1 Å². The summed E-state index contributed by atoms with van der Waals surface area (Å²) < 4.78 is 5.36. The van der Waals surface area contributed by atoms with Crippen LogP contribution in [0.1, 0.15) is 53.3 Å². The number of aryl methyl sites for hydroxylation is 1. The van der Waals surface area contributed by atoms with Gasteiger partial charge in [-0.25, -0.2) is 15.2 Å². The van der Waals surface area contributed by atoms with Crippen molar-refractivity contribution in [2.45, 2.75) is 40.2 Å². The van der Waals surface area contributed by atoms with E-state index in [2.05, 4.69) is 52.0 Å². The van der Waals surface area contributed by atoms with Gasteiger partial charge in [0.05, 0.1) is 24.9 Å². The summed E-state index contributed by atoms with van der Waals surface area (Å²) in [6.07, 6.45) is 1.03. The molecule has 1 aliphatic rings. The molecule has 8 nitrogen and oxygen atoms in total. The van der Waals surface area contributed by atoms with Crippen LogP contribution in [0.4, 0.5) is 9.93 Å². The maximum absolute atomic E-state index is 12.5. The molecule has 3 rings (SSSR count). The molecule has 0 bridgehead atoms. The average Bonchev–Trinajstić information content (AvgIpc) is 3.14. The van der Waals surface area contributed by atoms with Crippen molar-refractivity contribution >= 4 is 28.4 Å². The molecule has 31 heavy (non-hydrogen) atoms. The van der Waals surface area contributed by atoms with Gasteiger partial charge in [-0.3, -0.25) is 10.2 Å². The number of nitrogens with one attached hydrogen (secondary N) is 3. The predicted molar refractivity (Wildman–Crippen MR) is 122 cm³/mol. The lowest BCUT2D eigenvalue weighted by Crippen LogP contribution is -2.47. The highest BCUT2D eigenvalue weighted by Gasteiger charge is 2.21. The number of anilines is 1. The minimum Gasteiger partial charge on any atom is -0.378 e. The van der Waals surface area contributed by atoms with Crippen LogP contribution in [0.5, 0.6) is 0 Å². The summed E-state index contributed by atoms with van der Waals surface area (Å²) in [6.45, 7) is 10.9. The Morgan fingerprint density at radius 2 is 1.81 bits per heavy atom. The number of hydrazine groups is 1. The van der Waals surface area contributed by atoms with E-state index in [9.17, 15) is 9.59 Å². The van der Waals surface area contributed by atoms with Crippen LogP contribution in [0.2, 0.25) is 0 Å². The van der Waals surface area contributed by atoms with Crippen LogP contribution in [-0.2, 0) is 11.2 Å². The van der Waals surface area contributed by atoms with E-state index in [4.69, 9.17) is 4.74 Å². The summed E-state index contributed by atoms with van der Waals surface area (Å²) in [5.41, 5.74) is 7.82. The molecule has 0 radical (unpaired) electrons. The van der Waals surface area contributed by atoms with Crippen molar-refractivity contribution in [3.8, 4) is 0 Å². The van der Waals surface area contributed by atoms with Gasteiger partial charge in [0.25, 0.3) is 5.91 Å². The van der Waals surface area contributed by atoms with Gasteiger partial charge in [-0.1, -0.05) is 49.4 Å². The van der Waals surface area contributed by atoms with Gasteiger partial charge < -0.3 is 15.0 Å². The highest BCUT2D eigenvalue weighted by molar-refractivity contribution is 7.17. The molecule has 1 aromatic heterocycles. The van der Waals surface area contributed by atoms with Gasteiger partial charge in [0.1, 0.15) is 4.88 Å².